The quantitative estimate of drug-likeness (QED) is 0.653. The highest BCUT2D eigenvalue weighted by atomic mass is 32.2. The molecule has 0 radical (unpaired) electrons. The molecule has 122 valence electrons. The van der Waals surface area contributed by atoms with E-state index in [1.807, 2.05) is 41.1 Å². The van der Waals surface area contributed by atoms with Crippen molar-refractivity contribution in [2.75, 3.05) is 0 Å². The highest BCUT2D eigenvalue weighted by Crippen LogP contribution is 2.26. The van der Waals surface area contributed by atoms with Gasteiger partial charge in [-0.3, -0.25) is 0 Å². The molecule has 7 heteroatoms. The van der Waals surface area contributed by atoms with Gasteiger partial charge in [0.2, 0.25) is 10.0 Å². The van der Waals surface area contributed by atoms with Crippen molar-refractivity contribution in [3.63, 3.8) is 0 Å². The van der Waals surface area contributed by atoms with E-state index >= 15 is 0 Å². The molecule has 3 rings (SSSR count). The molecule has 3 aromatic rings. The maximum absolute atomic E-state index is 13.1. The van der Waals surface area contributed by atoms with E-state index in [9.17, 15) is 13.7 Å². The molecule has 0 spiro atoms. The zero-order valence-corrected chi connectivity index (χ0v) is 15.1. The molecule has 0 atom stereocenters. The monoisotopic (exact) mass is 374 g/mol. The maximum atomic E-state index is 13.1. The van der Waals surface area contributed by atoms with Gasteiger partial charge in [0, 0.05) is 22.8 Å². The molecule has 0 amide bonds. The van der Waals surface area contributed by atoms with Crippen molar-refractivity contribution in [1.82, 2.24) is 4.31 Å². The second-order valence-electron chi connectivity index (χ2n) is 5.04. The Kier molecular flexibility index (Phi) is 5.11. The van der Waals surface area contributed by atoms with Gasteiger partial charge in [0.25, 0.3) is 0 Å². The van der Waals surface area contributed by atoms with Crippen LogP contribution >= 0.6 is 22.7 Å². The third kappa shape index (κ3) is 3.57. The lowest BCUT2D eigenvalue weighted by Crippen LogP contribution is -2.30. The van der Waals surface area contributed by atoms with Gasteiger partial charge >= 0.3 is 0 Å². The fourth-order valence-corrected chi connectivity index (χ4v) is 5.44. The second-order valence-corrected chi connectivity index (χ2v) is 9.01. The topological polar surface area (TPSA) is 61.2 Å². The lowest BCUT2D eigenvalue weighted by Gasteiger charge is -2.21. The van der Waals surface area contributed by atoms with Crippen LogP contribution in [0.3, 0.4) is 0 Å². The molecular formula is C17H14N2O2S3. The summed E-state index contributed by atoms with van der Waals surface area (Å²) in [6, 6.07) is 15.9. The number of nitrogens with zero attached hydrogens (tertiary/aromatic N) is 2. The minimum atomic E-state index is -3.77. The summed E-state index contributed by atoms with van der Waals surface area (Å²) >= 11 is 3.03. The summed E-state index contributed by atoms with van der Waals surface area (Å²) in [7, 11) is -3.77. The normalized spacial score (nSPS) is 11.5. The maximum Gasteiger partial charge on any atom is 0.245 e. The first-order chi connectivity index (χ1) is 11.6. The third-order valence-corrected chi connectivity index (χ3v) is 7.02. The molecule has 0 bridgehead atoms. The molecule has 0 fully saturated rings. The Hall–Kier alpha value is -1.98. The first-order valence-corrected chi connectivity index (χ1v) is 10.4. The second kappa shape index (κ2) is 7.28. The number of hydrogen-bond acceptors (Lipinski definition) is 5. The summed E-state index contributed by atoms with van der Waals surface area (Å²) in [4.78, 5) is 1.98. The Balaban J connectivity index is 2.01. The smallest absolute Gasteiger partial charge is 0.207 e. The molecule has 2 heterocycles. The van der Waals surface area contributed by atoms with E-state index in [0.29, 0.717) is 0 Å². The average molecular weight is 375 g/mol. The molecule has 1 aromatic carbocycles. The molecule has 0 unspecified atom stereocenters. The van der Waals surface area contributed by atoms with E-state index in [4.69, 9.17) is 0 Å². The van der Waals surface area contributed by atoms with Crippen LogP contribution in [-0.2, 0) is 23.1 Å². The summed E-state index contributed by atoms with van der Waals surface area (Å²) in [5.74, 6) is 0. The summed E-state index contributed by atoms with van der Waals surface area (Å²) in [5, 5.41) is 13.1. The molecule has 0 N–H and O–H groups in total. The Labute approximate surface area is 149 Å². The van der Waals surface area contributed by atoms with Crippen LogP contribution in [0, 0.1) is 11.3 Å². The fourth-order valence-electron chi connectivity index (χ4n) is 2.30. The zero-order valence-electron chi connectivity index (χ0n) is 12.6. The fraction of sp³-hybridized carbons (Fsp3) is 0.118. The van der Waals surface area contributed by atoms with Crippen molar-refractivity contribution >= 4 is 32.7 Å². The summed E-state index contributed by atoms with van der Waals surface area (Å²) in [5.41, 5.74) is 0.167. The molecule has 0 saturated heterocycles. The van der Waals surface area contributed by atoms with Crippen molar-refractivity contribution in [3.05, 3.63) is 74.6 Å². The van der Waals surface area contributed by atoms with E-state index in [1.54, 1.807) is 12.1 Å². The molecule has 4 nitrogen and oxygen atoms in total. The van der Waals surface area contributed by atoms with Gasteiger partial charge in [-0.2, -0.15) is 9.57 Å². The molecule has 0 saturated carbocycles. The lowest BCUT2D eigenvalue weighted by molar-refractivity contribution is 0.407. The number of sulfonamides is 1. The van der Waals surface area contributed by atoms with Gasteiger partial charge < -0.3 is 0 Å². The highest BCUT2D eigenvalue weighted by Gasteiger charge is 2.27. The van der Waals surface area contributed by atoms with Gasteiger partial charge in [0.05, 0.1) is 10.5 Å². The summed E-state index contributed by atoms with van der Waals surface area (Å²) in [6.07, 6.45) is 0. The Morgan fingerprint density at radius 1 is 0.917 bits per heavy atom. The van der Waals surface area contributed by atoms with Crippen molar-refractivity contribution in [2.45, 2.75) is 18.0 Å². The zero-order chi connectivity index (χ0) is 17.0. The summed E-state index contributed by atoms with van der Waals surface area (Å²) < 4.78 is 27.7. The predicted molar refractivity (Wildman–Crippen MR) is 96.2 cm³/mol. The van der Waals surface area contributed by atoms with Gasteiger partial charge in [-0.15, -0.1) is 22.7 Å². The number of thiophene rings is 2. The Bertz CT molecular complexity index is 904. The third-order valence-electron chi connectivity index (χ3n) is 3.45. The van der Waals surface area contributed by atoms with E-state index in [0.717, 1.165) is 9.75 Å². The van der Waals surface area contributed by atoms with E-state index < -0.39 is 10.0 Å². The molecule has 0 aliphatic carbocycles. The van der Waals surface area contributed by atoms with Crippen LogP contribution in [0.25, 0.3) is 0 Å². The van der Waals surface area contributed by atoms with Gasteiger partial charge in [-0.1, -0.05) is 24.3 Å². The van der Waals surface area contributed by atoms with Gasteiger partial charge in [0.1, 0.15) is 6.07 Å². The SMILES string of the molecule is N#Cc1ccccc1S(=O)(=O)N(Cc1cccs1)Cc1cccs1. The van der Waals surface area contributed by atoms with Crippen LogP contribution in [0.1, 0.15) is 15.3 Å². The lowest BCUT2D eigenvalue weighted by atomic mass is 10.2. The van der Waals surface area contributed by atoms with Gasteiger partial charge in [-0.25, -0.2) is 8.42 Å². The average Bonchev–Trinajstić information content (AvgIpc) is 3.28. The van der Waals surface area contributed by atoms with Crippen LogP contribution in [0.2, 0.25) is 0 Å². The Morgan fingerprint density at radius 2 is 1.50 bits per heavy atom. The number of hydrogen-bond donors (Lipinski definition) is 0. The predicted octanol–water partition coefficient (Wildman–Crippen LogP) is 4.07. The molecular weight excluding hydrogens is 360 g/mol. The van der Waals surface area contributed by atoms with Crippen molar-refractivity contribution in [2.24, 2.45) is 0 Å². The molecule has 2 aromatic heterocycles. The first kappa shape index (κ1) is 16.9. The number of benzene rings is 1. The van der Waals surface area contributed by atoms with Crippen LogP contribution in [0.4, 0.5) is 0 Å². The van der Waals surface area contributed by atoms with Crippen molar-refractivity contribution in [3.8, 4) is 6.07 Å². The van der Waals surface area contributed by atoms with Gasteiger partial charge in [-0.05, 0) is 35.0 Å². The standard InChI is InChI=1S/C17H14N2O2S3/c18-11-14-5-1-2-8-17(14)24(20,21)19(12-15-6-3-9-22-15)13-16-7-4-10-23-16/h1-10H,12-13H2. The molecule has 0 aliphatic heterocycles. The molecule has 0 aliphatic rings. The van der Waals surface area contributed by atoms with Crippen molar-refractivity contribution in [1.29, 1.82) is 5.26 Å². The molecule has 24 heavy (non-hydrogen) atoms. The van der Waals surface area contributed by atoms with E-state index in [-0.39, 0.29) is 23.5 Å². The van der Waals surface area contributed by atoms with Crippen molar-refractivity contribution < 1.29 is 8.42 Å². The summed E-state index contributed by atoms with van der Waals surface area (Å²) in [6.45, 7) is 0.579. The Morgan fingerprint density at radius 3 is 2.00 bits per heavy atom. The van der Waals surface area contributed by atoms with Crippen LogP contribution in [-0.4, -0.2) is 12.7 Å². The number of nitriles is 1. The number of rotatable bonds is 6. The minimum absolute atomic E-state index is 0.0561. The minimum Gasteiger partial charge on any atom is -0.207 e. The van der Waals surface area contributed by atoms with Gasteiger partial charge in [0.15, 0.2) is 0 Å². The van der Waals surface area contributed by atoms with Crippen LogP contribution in [0.5, 0.6) is 0 Å². The van der Waals surface area contributed by atoms with E-state index in [1.165, 1.54) is 39.1 Å². The van der Waals surface area contributed by atoms with E-state index in [2.05, 4.69) is 0 Å². The first-order valence-electron chi connectivity index (χ1n) is 7.15. The van der Waals surface area contributed by atoms with Crippen LogP contribution in [0.15, 0.2) is 64.2 Å². The van der Waals surface area contributed by atoms with Crippen LogP contribution < -0.4 is 0 Å². The largest absolute Gasteiger partial charge is 0.245 e. The highest BCUT2D eigenvalue weighted by molar-refractivity contribution is 7.89.